The smallest absolute Gasteiger partial charge is 0.264 e. The van der Waals surface area contributed by atoms with E-state index in [9.17, 15) is 8.42 Å². The third kappa shape index (κ3) is 4.39. The quantitative estimate of drug-likeness (QED) is 0.711. The molecule has 84 valence electrons. The van der Waals surface area contributed by atoms with Crippen molar-refractivity contribution in [2.75, 3.05) is 19.4 Å². The first-order valence-electron chi connectivity index (χ1n) is 4.88. The van der Waals surface area contributed by atoms with Crippen LogP contribution in [0, 0.1) is 5.92 Å². The van der Waals surface area contributed by atoms with Gasteiger partial charge in [-0.05, 0) is 39.2 Å². The van der Waals surface area contributed by atoms with Crippen molar-refractivity contribution in [3.05, 3.63) is 0 Å². The van der Waals surface area contributed by atoms with Crippen molar-refractivity contribution in [1.82, 2.24) is 5.32 Å². The average Bonchev–Trinajstić information content (AvgIpc) is 2.27. The largest absolute Gasteiger partial charge is 0.312 e. The van der Waals surface area contributed by atoms with Gasteiger partial charge >= 0.3 is 0 Å². The fraction of sp³-hybridized carbons (Fsp3) is 1.00. The van der Waals surface area contributed by atoms with E-state index in [0.717, 1.165) is 25.6 Å². The highest BCUT2D eigenvalue weighted by molar-refractivity contribution is 7.85. The van der Waals surface area contributed by atoms with E-state index in [1.54, 1.807) is 0 Å². The SMILES string of the molecule is CC1(C)CC(CCOS(C)(=O)=O)CN1. The topological polar surface area (TPSA) is 55.4 Å². The number of hydrogen-bond acceptors (Lipinski definition) is 4. The van der Waals surface area contributed by atoms with E-state index in [-0.39, 0.29) is 5.54 Å². The summed E-state index contributed by atoms with van der Waals surface area (Å²) < 4.78 is 26.1. The third-order valence-electron chi connectivity index (χ3n) is 2.49. The molecule has 0 radical (unpaired) electrons. The molecule has 1 aliphatic heterocycles. The zero-order valence-electron chi connectivity index (χ0n) is 9.04. The van der Waals surface area contributed by atoms with Gasteiger partial charge in [-0.3, -0.25) is 4.18 Å². The maximum atomic E-state index is 10.7. The Bertz CT molecular complexity index is 284. The zero-order chi connectivity index (χ0) is 10.8. The minimum absolute atomic E-state index is 0.190. The van der Waals surface area contributed by atoms with Gasteiger partial charge in [0.05, 0.1) is 12.9 Å². The molecule has 0 amide bonds. The molecule has 0 spiro atoms. The molecular weight excluding hydrogens is 202 g/mol. The Morgan fingerprint density at radius 1 is 1.50 bits per heavy atom. The van der Waals surface area contributed by atoms with E-state index in [0.29, 0.717) is 12.5 Å². The Kier molecular flexibility index (Phi) is 3.55. The van der Waals surface area contributed by atoms with Gasteiger partial charge in [-0.15, -0.1) is 0 Å². The summed E-state index contributed by atoms with van der Waals surface area (Å²) in [6.07, 6.45) is 2.98. The zero-order valence-corrected chi connectivity index (χ0v) is 9.86. The standard InChI is InChI=1S/C9H19NO3S/c1-9(2)6-8(7-10-9)4-5-13-14(3,11)12/h8,10H,4-7H2,1-3H3. The van der Waals surface area contributed by atoms with Gasteiger partial charge in [0, 0.05) is 5.54 Å². The second-order valence-electron chi connectivity index (χ2n) is 4.65. The first kappa shape index (κ1) is 11.9. The molecule has 1 N–H and O–H groups in total. The molecule has 1 saturated heterocycles. The summed E-state index contributed by atoms with van der Waals surface area (Å²) >= 11 is 0. The highest BCUT2D eigenvalue weighted by Gasteiger charge is 2.29. The molecule has 5 heteroatoms. The third-order valence-corrected chi connectivity index (χ3v) is 3.09. The highest BCUT2D eigenvalue weighted by atomic mass is 32.2. The molecule has 0 aromatic heterocycles. The van der Waals surface area contributed by atoms with Gasteiger partial charge in [0.15, 0.2) is 0 Å². The van der Waals surface area contributed by atoms with Gasteiger partial charge in [-0.2, -0.15) is 8.42 Å². The molecule has 1 atom stereocenters. The molecule has 0 aromatic carbocycles. The van der Waals surface area contributed by atoms with Crippen molar-refractivity contribution in [2.24, 2.45) is 5.92 Å². The molecular formula is C9H19NO3S. The van der Waals surface area contributed by atoms with Crippen LogP contribution in [0.15, 0.2) is 0 Å². The fourth-order valence-corrected chi connectivity index (χ4v) is 2.26. The first-order valence-corrected chi connectivity index (χ1v) is 6.70. The Morgan fingerprint density at radius 3 is 2.57 bits per heavy atom. The summed E-state index contributed by atoms with van der Waals surface area (Å²) in [5.74, 6) is 0.534. The van der Waals surface area contributed by atoms with E-state index in [2.05, 4.69) is 19.2 Å². The minimum Gasteiger partial charge on any atom is -0.312 e. The molecule has 1 unspecified atom stereocenters. The summed E-state index contributed by atoms with van der Waals surface area (Å²) in [6, 6.07) is 0. The Balaban J connectivity index is 2.22. The van der Waals surface area contributed by atoms with Crippen molar-refractivity contribution < 1.29 is 12.6 Å². The van der Waals surface area contributed by atoms with Gasteiger partial charge < -0.3 is 5.32 Å². The molecule has 0 aromatic rings. The molecule has 1 rings (SSSR count). The predicted octanol–water partition coefficient (Wildman–Crippen LogP) is 0.741. The van der Waals surface area contributed by atoms with Crippen LogP contribution in [0.1, 0.15) is 26.7 Å². The van der Waals surface area contributed by atoms with Crippen LogP contribution in [0.25, 0.3) is 0 Å². The van der Waals surface area contributed by atoms with Gasteiger partial charge in [0.2, 0.25) is 0 Å². The van der Waals surface area contributed by atoms with Crippen LogP contribution in [0.5, 0.6) is 0 Å². The summed E-state index contributed by atoms with van der Waals surface area (Å²) in [4.78, 5) is 0. The second kappa shape index (κ2) is 4.16. The highest BCUT2D eigenvalue weighted by Crippen LogP contribution is 2.25. The maximum absolute atomic E-state index is 10.7. The lowest BCUT2D eigenvalue weighted by molar-refractivity contribution is 0.286. The van der Waals surface area contributed by atoms with Crippen molar-refractivity contribution in [3.63, 3.8) is 0 Å². The summed E-state index contributed by atoms with van der Waals surface area (Å²) in [5.41, 5.74) is 0.190. The van der Waals surface area contributed by atoms with E-state index in [1.807, 2.05) is 0 Å². The molecule has 14 heavy (non-hydrogen) atoms. The summed E-state index contributed by atoms with van der Waals surface area (Å²) in [7, 11) is -3.26. The second-order valence-corrected chi connectivity index (χ2v) is 6.29. The van der Waals surface area contributed by atoms with Crippen LogP contribution >= 0.6 is 0 Å². The van der Waals surface area contributed by atoms with Crippen LogP contribution in [0.3, 0.4) is 0 Å². The minimum atomic E-state index is -3.26. The van der Waals surface area contributed by atoms with Gasteiger partial charge in [0.25, 0.3) is 10.1 Å². The number of nitrogens with one attached hydrogen (secondary N) is 1. The lowest BCUT2D eigenvalue weighted by Gasteiger charge is -2.17. The Labute approximate surface area is 86.2 Å². The Hall–Kier alpha value is -0.130. The van der Waals surface area contributed by atoms with Crippen molar-refractivity contribution in [2.45, 2.75) is 32.2 Å². The van der Waals surface area contributed by atoms with Crippen LogP contribution < -0.4 is 5.32 Å². The molecule has 0 saturated carbocycles. The lowest BCUT2D eigenvalue weighted by atomic mass is 9.95. The molecule has 0 bridgehead atoms. The van der Waals surface area contributed by atoms with Crippen LogP contribution in [0.2, 0.25) is 0 Å². The van der Waals surface area contributed by atoms with E-state index in [4.69, 9.17) is 4.18 Å². The molecule has 1 fully saturated rings. The predicted molar refractivity (Wildman–Crippen MR) is 55.6 cm³/mol. The van der Waals surface area contributed by atoms with Crippen molar-refractivity contribution >= 4 is 10.1 Å². The molecule has 1 aliphatic rings. The van der Waals surface area contributed by atoms with E-state index < -0.39 is 10.1 Å². The van der Waals surface area contributed by atoms with E-state index >= 15 is 0 Å². The number of hydrogen-bond donors (Lipinski definition) is 1. The summed E-state index contributed by atoms with van der Waals surface area (Å²) in [6.45, 7) is 5.58. The van der Waals surface area contributed by atoms with Gasteiger partial charge in [-0.1, -0.05) is 0 Å². The van der Waals surface area contributed by atoms with Crippen molar-refractivity contribution in [1.29, 1.82) is 0 Å². The molecule has 1 heterocycles. The maximum Gasteiger partial charge on any atom is 0.264 e. The lowest BCUT2D eigenvalue weighted by Crippen LogP contribution is -2.31. The number of rotatable bonds is 4. The Morgan fingerprint density at radius 2 is 2.14 bits per heavy atom. The van der Waals surface area contributed by atoms with E-state index in [1.165, 1.54) is 0 Å². The van der Waals surface area contributed by atoms with Crippen molar-refractivity contribution in [3.8, 4) is 0 Å². The van der Waals surface area contributed by atoms with Gasteiger partial charge in [0.1, 0.15) is 0 Å². The van der Waals surface area contributed by atoms with Gasteiger partial charge in [-0.25, -0.2) is 0 Å². The summed E-state index contributed by atoms with van der Waals surface area (Å²) in [5, 5.41) is 3.39. The van der Waals surface area contributed by atoms with Crippen LogP contribution in [0.4, 0.5) is 0 Å². The molecule has 4 nitrogen and oxygen atoms in total. The monoisotopic (exact) mass is 221 g/mol. The average molecular weight is 221 g/mol. The van der Waals surface area contributed by atoms with Crippen LogP contribution in [-0.4, -0.2) is 33.4 Å². The van der Waals surface area contributed by atoms with Crippen LogP contribution in [-0.2, 0) is 14.3 Å². The molecule has 0 aliphatic carbocycles. The normalized spacial score (nSPS) is 26.6. The fourth-order valence-electron chi connectivity index (χ4n) is 1.86. The first-order chi connectivity index (χ1) is 6.29.